The molecule has 1 heterocycles. The lowest BCUT2D eigenvalue weighted by atomic mass is 10.1. The molecule has 0 saturated heterocycles. The standard InChI is InChI=1S/C14H16BrClN2/c1-9(16)14-10(2)17-18(11(14)3)8-12-4-6-13(15)7-5-12/h4-7,9H,8H2,1-3H3. The second kappa shape index (κ2) is 5.45. The van der Waals surface area contributed by atoms with E-state index in [2.05, 4.69) is 40.1 Å². The third-order valence-corrected chi connectivity index (χ3v) is 3.83. The van der Waals surface area contributed by atoms with E-state index in [1.54, 1.807) is 0 Å². The maximum atomic E-state index is 6.19. The summed E-state index contributed by atoms with van der Waals surface area (Å²) < 4.78 is 3.11. The van der Waals surface area contributed by atoms with Crippen LogP contribution in [0.2, 0.25) is 0 Å². The molecule has 0 saturated carbocycles. The summed E-state index contributed by atoms with van der Waals surface area (Å²) in [7, 11) is 0. The number of rotatable bonds is 3. The monoisotopic (exact) mass is 326 g/mol. The molecule has 18 heavy (non-hydrogen) atoms. The minimum Gasteiger partial charge on any atom is -0.265 e. The van der Waals surface area contributed by atoms with Crippen LogP contribution in [0.15, 0.2) is 28.7 Å². The largest absolute Gasteiger partial charge is 0.265 e. The maximum Gasteiger partial charge on any atom is 0.0662 e. The molecule has 0 radical (unpaired) electrons. The fourth-order valence-electron chi connectivity index (χ4n) is 2.20. The van der Waals surface area contributed by atoms with Crippen LogP contribution in [0.4, 0.5) is 0 Å². The van der Waals surface area contributed by atoms with Crippen molar-refractivity contribution in [1.29, 1.82) is 0 Å². The SMILES string of the molecule is Cc1nn(Cc2ccc(Br)cc2)c(C)c1C(C)Cl. The summed E-state index contributed by atoms with van der Waals surface area (Å²) in [5, 5.41) is 4.57. The highest BCUT2D eigenvalue weighted by Gasteiger charge is 2.15. The molecule has 0 aliphatic rings. The molecular weight excluding hydrogens is 312 g/mol. The van der Waals surface area contributed by atoms with E-state index in [0.717, 1.165) is 28.0 Å². The Hall–Kier alpha value is -0.800. The Balaban J connectivity index is 2.30. The fourth-order valence-corrected chi connectivity index (χ4v) is 2.78. The van der Waals surface area contributed by atoms with Crippen LogP contribution in [0.1, 0.15) is 34.8 Å². The highest BCUT2D eigenvalue weighted by Crippen LogP contribution is 2.26. The van der Waals surface area contributed by atoms with Crippen molar-refractivity contribution in [2.75, 3.05) is 0 Å². The number of aryl methyl sites for hydroxylation is 1. The Bertz CT molecular complexity index is 544. The quantitative estimate of drug-likeness (QED) is 0.753. The van der Waals surface area contributed by atoms with E-state index in [1.165, 1.54) is 5.56 Å². The normalized spacial score (nSPS) is 12.7. The van der Waals surface area contributed by atoms with Gasteiger partial charge < -0.3 is 0 Å². The summed E-state index contributed by atoms with van der Waals surface area (Å²) in [4.78, 5) is 0. The van der Waals surface area contributed by atoms with Crippen LogP contribution in [0, 0.1) is 13.8 Å². The minimum atomic E-state index is 0.00340. The van der Waals surface area contributed by atoms with E-state index in [0.29, 0.717) is 0 Å². The highest BCUT2D eigenvalue weighted by atomic mass is 79.9. The average Bonchev–Trinajstić information content (AvgIpc) is 2.57. The van der Waals surface area contributed by atoms with Gasteiger partial charge in [-0.05, 0) is 38.5 Å². The smallest absolute Gasteiger partial charge is 0.0662 e. The summed E-state index contributed by atoms with van der Waals surface area (Å²) in [6, 6.07) is 8.30. The molecule has 0 aliphatic heterocycles. The first-order valence-corrected chi connectivity index (χ1v) is 7.14. The molecule has 2 aromatic rings. The summed E-state index contributed by atoms with van der Waals surface area (Å²) >= 11 is 9.63. The predicted molar refractivity (Wildman–Crippen MR) is 79.2 cm³/mol. The van der Waals surface area contributed by atoms with Crippen LogP contribution in [0.25, 0.3) is 0 Å². The number of benzene rings is 1. The van der Waals surface area contributed by atoms with Gasteiger partial charge in [0.2, 0.25) is 0 Å². The Labute approximate surface area is 121 Å². The summed E-state index contributed by atoms with van der Waals surface area (Å²) in [6.45, 7) is 6.86. The first-order chi connectivity index (χ1) is 8.49. The third kappa shape index (κ3) is 2.78. The second-order valence-corrected chi connectivity index (χ2v) is 6.05. The number of alkyl halides is 1. The zero-order chi connectivity index (χ0) is 13.3. The molecule has 2 rings (SSSR count). The highest BCUT2D eigenvalue weighted by molar-refractivity contribution is 9.10. The van der Waals surface area contributed by atoms with Gasteiger partial charge in [0.1, 0.15) is 0 Å². The molecule has 0 fully saturated rings. The summed E-state index contributed by atoms with van der Waals surface area (Å²) in [5.74, 6) is 0. The predicted octanol–water partition coefficient (Wildman–Crippen LogP) is 4.61. The lowest BCUT2D eigenvalue weighted by molar-refractivity contribution is 0.658. The third-order valence-electron chi connectivity index (χ3n) is 3.08. The van der Waals surface area contributed by atoms with Gasteiger partial charge in [0.05, 0.1) is 17.6 Å². The molecular formula is C14H16BrClN2. The Morgan fingerprint density at radius 3 is 2.39 bits per heavy atom. The Morgan fingerprint density at radius 1 is 1.28 bits per heavy atom. The van der Waals surface area contributed by atoms with Gasteiger partial charge in [-0.3, -0.25) is 4.68 Å². The number of nitrogens with zero attached hydrogens (tertiary/aromatic N) is 2. The van der Waals surface area contributed by atoms with Gasteiger partial charge in [-0.2, -0.15) is 5.10 Å². The van der Waals surface area contributed by atoms with Crippen molar-refractivity contribution in [3.05, 3.63) is 51.3 Å². The Kier molecular flexibility index (Phi) is 4.13. The van der Waals surface area contributed by atoms with Gasteiger partial charge in [-0.25, -0.2) is 0 Å². The van der Waals surface area contributed by atoms with Crippen LogP contribution >= 0.6 is 27.5 Å². The van der Waals surface area contributed by atoms with Crippen LogP contribution < -0.4 is 0 Å². The lowest BCUT2D eigenvalue weighted by Crippen LogP contribution is -2.04. The lowest BCUT2D eigenvalue weighted by Gasteiger charge is -2.07. The first-order valence-electron chi connectivity index (χ1n) is 5.91. The van der Waals surface area contributed by atoms with E-state index in [-0.39, 0.29) is 5.38 Å². The molecule has 0 spiro atoms. The van der Waals surface area contributed by atoms with E-state index < -0.39 is 0 Å². The second-order valence-electron chi connectivity index (χ2n) is 4.48. The van der Waals surface area contributed by atoms with Crippen molar-refractivity contribution >= 4 is 27.5 Å². The van der Waals surface area contributed by atoms with Crippen LogP contribution in [0.5, 0.6) is 0 Å². The molecule has 0 N–H and O–H groups in total. The van der Waals surface area contributed by atoms with Gasteiger partial charge in [0.25, 0.3) is 0 Å². The molecule has 1 unspecified atom stereocenters. The summed E-state index contributed by atoms with van der Waals surface area (Å²) in [6.07, 6.45) is 0. The molecule has 2 nitrogen and oxygen atoms in total. The zero-order valence-electron chi connectivity index (χ0n) is 10.7. The molecule has 96 valence electrons. The minimum absolute atomic E-state index is 0.00340. The number of hydrogen-bond acceptors (Lipinski definition) is 1. The van der Waals surface area contributed by atoms with E-state index in [1.807, 2.05) is 30.7 Å². The van der Waals surface area contributed by atoms with Crippen molar-refractivity contribution in [2.45, 2.75) is 32.7 Å². The van der Waals surface area contributed by atoms with Crippen molar-refractivity contribution in [3.8, 4) is 0 Å². The average molecular weight is 328 g/mol. The number of hydrogen-bond donors (Lipinski definition) is 0. The van der Waals surface area contributed by atoms with Crippen molar-refractivity contribution in [3.63, 3.8) is 0 Å². The number of halogens is 2. The van der Waals surface area contributed by atoms with E-state index in [4.69, 9.17) is 11.6 Å². The molecule has 1 aromatic heterocycles. The molecule has 1 atom stereocenters. The van der Waals surface area contributed by atoms with Crippen LogP contribution in [0.3, 0.4) is 0 Å². The van der Waals surface area contributed by atoms with E-state index in [9.17, 15) is 0 Å². The van der Waals surface area contributed by atoms with Gasteiger partial charge >= 0.3 is 0 Å². The van der Waals surface area contributed by atoms with Crippen molar-refractivity contribution in [1.82, 2.24) is 9.78 Å². The molecule has 0 aliphatic carbocycles. The van der Waals surface area contributed by atoms with Gasteiger partial charge in [0.15, 0.2) is 0 Å². The van der Waals surface area contributed by atoms with Crippen molar-refractivity contribution < 1.29 is 0 Å². The van der Waals surface area contributed by atoms with Gasteiger partial charge in [0, 0.05) is 15.7 Å². The van der Waals surface area contributed by atoms with Crippen LogP contribution in [-0.2, 0) is 6.54 Å². The molecule has 1 aromatic carbocycles. The topological polar surface area (TPSA) is 17.8 Å². The first kappa shape index (κ1) is 13.6. The van der Waals surface area contributed by atoms with Crippen molar-refractivity contribution in [2.24, 2.45) is 0 Å². The summed E-state index contributed by atoms with van der Waals surface area (Å²) in [5.41, 5.74) is 4.55. The fraction of sp³-hybridized carbons (Fsp3) is 0.357. The van der Waals surface area contributed by atoms with Gasteiger partial charge in [-0.15, -0.1) is 11.6 Å². The molecule has 0 bridgehead atoms. The molecule has 4 heteroatoms. The van der Waals surface area contributed by atoms with Crippen LogP contribution in [-0.4, -0.2) is 9.78 Å². The van der Waals surface area contributed by atoms with Gasteiger partial charge in [-0.1, -0.05) is 28.1 Å². The Morgan fingerprint density at radius 2 is 1.89 bits per heavy atom. The van der Waals surface area contributed by atoms with E-state index >= 15 is 0 Å². The maximum absolute atomic E-state index is 6.19. The molecule has 0 amide bonds. The zero-order valence-corrected chi connectivity index (χ0v) is 13.1. The number of aromatic nitrogens is 2.